The molecule has 0 amide bonds. The lowest BCUT2D eigenvalue weighted by atomic mass is 9.94. The maximum Gasteiger partial charge on any atom is 0.269 e. The summed E-state index contributed by atoms with van der Waals surface area (Å²) in [5.74, 6) is -1.63. The first-order chi connectivity index (χ1) is 14.6. The topological polar surface area (TPSA) is 133 Å². The minimum atomic E-state index is -4.19. The van der Waals surface area contributed by atoms with E-state index >= 15 is 0 Å². The van der Waals surface area contributed by atoms with E-state index in [4.69, 9.17) is 0 Å². The standard InChI is InChI=1S/C20H29FN4O5S2/c1-18(2,3)31(28)23-19(4,16-12-15(25(26)27)6-7-17(16)21)14-32(29,30)20(13-22)8-10-24(5)11-9-20/h6-7,12,23H,8-11,14H2,1-5H3/t19-,31+/m0/s1. The van der Waals surface area contributed by atoms with Gasteiger partial charge in [0.05, 0.1) is 38.0 Å². The van der Waals surface area contributed by atoms with Crippen molar-refractivity contribution in [3.05, 3.63) is 39.7 Å². The normalized spacial score (nSPS) is 20.2. The Kier molecular flexibility index (Phi) is 7.51. The minimum Gasteiger partial charge on any atom is -0.306 e. The van der Waals surface area contributed by atoms with E-state index in [2.05, 4.69) is 4.72 Å². The van der Waals surface area contributed by atoms with Gasteiger partial charge in [0.25, 0.3) is 5.69 Å². The zero-order chi connectivity index (χ0) is 24.5. The number of piperidine rings is 1. The first-order valence-electron chi connectivity index (χ1n) is 10.0. The lowest BCUT2D eigenvalue weighted by Crippen LogP contribution is -2.55. The van der Waals surface area contributed by atoms with Crippen molar-refractivity contribution in [2.24, 2.45) is 0 Å². The van der Waals surface area contributed by atoms with Gasteiger partial charge < -0.3 is 4.90 Å². The maximum absolute atomic E-state index is 14.9. The predicted molar refractivity (Wildman–Crippen MR) is 120 cm³/mol. The van der Waals surface area contributed by atoms with Crippen LogP contribution in [0.25, 0.3) is 0 Å². The van der Waals surface area contributed by atoms with Gasteiger partial charge in [-0.25, -0.2) is 21.7 Å². The molecule has 1 aliphatic rings. The van der Waals surface area contributed by atoms with Crippen molar-refractivity contribution >= 4 is 26.5 Å². The van der Waals surface area contributed by atoms with Gasteiger partial charge in [0.1, 0.15) is 5.82 Å². The summed E-state index contributed by atoms with van der Waals surface area (Å²) in [6.07, 6.45) is 0.163. The number of non-ortho nitro benzene ring substituents is 1. The molecule has 32 heavy (non-hydrogen) atoms. The van der Waals surface area contributed by atoms with Gasteiger partial charge in [0.15, 0.2) is 14.6 Å². The van der Waals surface area contributed by atoms with Gasteiger partial charge in [-0.05, 0) is 53.7 Å². The number of nitro benzene ring substituents is 1. The number of likely N-dealkylation sites (tertiary alicyclic amines) is 1. The lowest BCUT2D eigenvalue weighted by molar-refractivity contribution is -0.385. The van der Waals surface area contributed by atoms with Gasteiger partial charge in [-0.2, -0.15) is 5.26 Å². The summed E-state index contributed by atoms with van der Waals surface area (Å²) in [7, 11) is -4.20. The second kappa shape index (κ2) is 9.13. The summed E-state index contributed by atoms with van der Waals surface area (Å²) >= 11 is 0. The van der Waals surface area contributed by atoms with Crippen LogP contribution >= 0.6 is 0 Å². The maximum atomic E-state index is 14.9. The highest BCUT2D eigenvalue weighted by Crippen LogP contribution is 2.37. The molecule has 2 rings (SSSR count). The predicted octanol–water partition coefficient (Wildman–Crippen LogP) is 2.40. The molecule has 1 saturated heterocycles. The van der Waals surface area contributed by atoms with Crippen LogP contribution in [0.1, 0.15) is 46.1 Å². The second-order valence-corrected chi connectivity index (χ2v) is 13.7. The molecule has 0 aliphatic carbocycles. The molecule has 1 heterocycles. The van der Waals surface area contributed by atoms with E-state index in [-0.39, 0.29) is 18.4 Å². The molecule has 0 saturated carbocycles. The van der Waals surface area contributed by atoms with Crippen LogP contribution in [0.15, 0.2) is 18.2 Å². The third kappa shape index (κ3) is 5.33. The Morgan fingerprint density at radius 1 is 1.31 bits per heavy atom. The van der Waals surface area contributed by atoms with Crippen molar-refractivity contribution in [3.63, 3.8) is 0 Å². The Morgan fingerprint density at radius 2 is 1.88 bits per heavy atom. The van der Waals surface area contributed by atoms with Crippen molar-refractivity contribution in [3.8, 4) is 6.07 Å². The second-order valence-electron chi connectivity index (χ2n) is 9.40. The van der Waals surface area contributed by atoms with E-state index in [1.807, 2.05) is 18.0 Å². The van der Waals surface area contributed by atoms with Crippen LogP contribution in [0, 0.1) is 27.3 Å². The number of nitro groups is 1. The van der Waals surface area contributed by atoms with E-state index in [1.165, 1.54) is 6.92 Å². The molecule has 1 aromatic carbocycles. The average Bonchev–Trinajstić information content (AvgIpc) is 2.67. The number of hydrogen-bond donors (Lipinski definition) is 1. The molecular weight excluding hydrogens is 459 g/mol. The Bertz CT molecular complexity index is 1060. The van der Waals surface area contributed by atoms with E-state index in [1.54, 1.807) is 20.8 Å². The monoisotopic (exact) mass is 488 g/mol. The number of nitrogens with zero attached hydrogens (tertiary/aromatic N) is 3. The van der Waals surface area contributed by atoms with Gasteiger partial charge in [-0.1, -0.05) is 0 Å². The van der Waals surface area contributed by atoms with Crippen molar-refractivity contribution in [1.82, 2.24) is 9.62 Å². The Hall–Kier alpha value is -1.94. The van der Waals surface area contributed by atoms with Crippen molar-refractivity contribution in [2.75, 3.05) is 25.9 Å². The van der Waals surface area contributed by atoms with E-state index in [0.717, 1.165) is 18.2 Å². The number of nitrogens with one attached hydrogen (secondary N) is 1. The number of nitriles is 1. The van der Waals surface area contributed by atoms with Crippen LogP contribution in [-0.4, -0.2) is 57.8 Å². The van der Waals surface area contributed by atoms with Gasteiger partial charge in [0.2, 0.25) is 0 Å². The molecule has 178 valence electrons. The summed E-state index contributed by atoms with van der Waals surface area (Å²) < 4.78 is 55.1. The largest absolute Gasteiger partial charge is 0.306 e. The van der Waals surface area contributed by atoms with Gasteiger partial charge in [-0.3, -0.25) is 10.1 Å². The third-order valence-corrected chi connectivity index (χ3v) is 10.1. The minimum absolute atomic E-state index is 0.0815. The van der Waals surface area contributed by atoms with E-state index < -0.39 is 58.0 Å². The fourth-order valence-corrected chi connectivity index (χ4v) is 6.76. The fourth-order valence-electron chi connectivity index (χ4n) is 3.56. The van der Waals surface area contributed by atoms with Crippen molar-refractivity contribution < 1.29 is 21.9 Å². The molecule has 9 nitrogen and oxygen atoms in total. The van der Waals surface area contributed by atoms with Gasteiger partial charge >= 0.3 is 0 Å². The SMILES string of the molecule is CN1CCC(C#N)(S(=O)(=O)C[C@](C)(N[S@](=O)C(C)(C)C)c2cc([N+](=O)[O-])ccc2F)CC1. The van der Waals surface area contributed by atoms with Crippen molar-refractivity contribution in [2.45, 2.75) is 55.6 Å². The number of sulfone groups is 1. The molecule has 0 bridgehead atoms. The fraction of sp³-hybridized carbons (Fsp3) is 0.650. The Labute approximate surface area is 190 Å². The quantitative estimate of drug-likeness (QED) is 0.460. The molecule has 0 unspecified atom stereocenters. The lowest BCUT2D eigenvalue weighted by Gasteiger charge is -2.39. The van der Waals surface area contributed by atoms with Crippen LogP contribution < -0.4 is 4.72 Å². The Balaban J connectivity index is 2.62. The summed E-state index contributed by atoms with van der Waals surface area (Å²) in [6.45, 7) is 7.11. The summed E-state index contributed by atoms with van der Waals surface area (Å²) in [5, 5.41) is 21.1. The molecule has 0 aromatic heterocycles. The Morgan fingerprint density at radius 3 is 2.34 bits per heavy atom. The molecule has 0 radical (unpaired) electrons. The number of halogens is 1. The first-order valence-corrected chi connectivity index (χ1v) is 12.8. The molecule has 12 heteroatoms. The van der Waals surface area contributed by atoms with Crippen LogP contribution in [-0.2, 0) is 26.4 Å². The van der Waals surface area contributed by atoms with Crippen LogP contribution in [0.4, 0.5) is 10.1 Å². The molecule has 0 spiro atoms. The number of benzene rings is 1. The molecule has 1 fully saturated rings. The zero-order valence-corrected chi connectivity index (χ0v) is 20.5. The number of rotatable bonds is 7. The molecule has 1 N–H and O–H groups in total. The first kappa shape index (κ1) is 26.3. The zero-order valence-electron chi connectivity index (χ0n) is 18.8. The molecular formula is C20H29FN4O5S2. The molecule has 1 aromatic rings. The van der Waals surface area contributed by atoms with Crippen molar-refractivity contribution in [1.29, 1.82) is 5.26 Å². The third-order valence-electron chi connectivity index (χ3n) is 5.70. The number of hydrogen-bond acceptors (Lipinski definition) is 7. The smallest absolute Gasteiger partial charge is 0.269 e. The average molecular weight is 489 g/mol. The summed E-state index contributed by atoms with van der Waals surface area (Å²) in [4.78, 5) is 12.5. The van der Waals surface area contributed by atoms with E-state index in [9.17, 15) is 32.4 Å². The summed E-state index contributed by atoms with van der Waals surface area (Å²) in [5.41, 5.74) is -2.52. The highest BCUT2D eigenvalue weighted by molar-refractivity contribution is 7.93. The van der Waals surface area contributed by atoms with Gasteiger partial charge in [0, 0.05) is 30.8 Å². The molecule has 1 aliphatic heterocycles. The van der Waals surface area contributed by atoms with Crippen LogP contribution in [0.5, 0.6) is 0 Å². The highest BCUT2D eigenvalue weighted by Gasteiger charge is 2.50. The highest BCUT2D eigenvalue weighted by atomic mass is 32.2. The van der Waals surface area contributed by atoms with Crippen LogP contribution in [0.3, 0.4) is 0 Å². The van der Waals surface area contributed by atoms with Gasteiger partial charge in [-0.15, -0.1) is 0 Å². The van der Waals surface area contributed by atoms with Crippen LogP contribution in [0.2, 0.25) is 0 Å². The van der Waals surface area contributed by atoms with E-state index in [0.29, 0.717) is 13.1 Å². The summed E-state index contributed by atoms with van der Waals surface area (Å²) in [6, 6.07) is 4.77. The molecule has 2 atom stereocenters.